The van der Waals surface area contributed by atoms with Gasteiger partial charge in [-0.05, 0) is 17.7 Å². The second-order valence-electron chi connectivity index (χ2n) is 3.75. The van der Waals surface area contributed by atoms with E-state index in [4.69, 9.17) is 5.11 Å². The lowest BCUT2D eigenvalue weighted by atomic mass is 10.2. The number of carbonyl (C=O) groups is 1. The van der Waals surface area contributed by atoms with E-state index in [0.717, 1.165) is 0 Å². The van der Waals surface area contributed by atoms with Crippen molar-refractivity contribution in [3.63, 3.8) is 0 Å². The Hall–Kier alpha value is -1.88. The van der Waals surface area contributed by atoms with Crippen molar-refractivity contribution in [3.8, 4) is 0 Å². The average molecular weight is 252 g/mol. The van der Waals surface area contributed by atoms with Gasteiger partial charge in [-0.1, -0.05) is 18.2 Å². The molecule has 1 rings (SSSR count). The first-order chi connectivity index (χ1) is 8.67. The van der Waals surface area contributed by atoms with Crippen molar-refractivity contribution in [3.05, 3.63) is 48.3 Å². The molecule has 4 nitrogen and oxygen atoms in total. The number of nitrogens with zero attached hydrogens (tertiary/aromatic N) is 1. The van der Waals surface area contributed by atoms with Gasteiger partial charge in [0.05, 0.1) is 6.61 Å². The molecule has 0 heterocycles. The van der Waals surface area contributed by atoms with Crippen molar-refractivity contribution in [1.82, 2.24) is 10.2 Å². The van der Waals surface area contributed by atoms with Crippen LogP contribution in [0.3, 0.4) is 0 Å². The van der Waals surface area contributed by atoms with Crippen molar-refractivity contribution in [2.24, 2.45) is 0 Å². The summed E-state index contributed by atoms with van der Waals surface area (Å²) in [6.45, 7) is 4.27. The van der Waals surface area contributed by atoms with Crippen molar-refractivity contribution in [2.45, 2.75) is 6.54 Å². The third kappa shape index (κ3) is 4.55. The number of hydrogen-bond acceptors (Lipinski definition) is 2. The predicted molar refractivity (Wildman–Crippen MR) is 67.5 cm³/mol. The summed E-state index contributed by atoms with van der Waals surface area (Å²) in [4.78, 5) is 13.2. The molecule has 0 atom stereocenters. The molecule has 0 aliphatic heterocycles. The number of rotatable bonds is 6. The van der Waals surface area contributed by atoms with Crippen LogP contribution in [0.15, 0.2) is 36.9 Å². The monoisotopic (exact) mass is 252 g/mol. The summed E-state index contributed by atoms with van der Waals surface area (Å²) >= 11 is 0. The molecule has 98 valence electrons. The van der Waals surface area contributed by atoms with Gasteiger partial charge >= 0.3 is 6.03 Å². The van der Waals surface area contributed by atoms with Crippen LogP contribution in [-0.2, 0) is 6.54 Å². The molecule has 1 aromatic carbocycles. The zero-order chi connectivity index (χ0) is 13.4. The Balaban J connectivity index is 2.50. The minimum Gasteiger partial charge on any atom is -0.395 e. The first-order valence-corrected chi connectivity index (χ1v) is 5.66. The van der Waals surface area contributed by atoms with Gasteiger partial charge in [-0.15, -0.1) is 6.58 Å². The van der Waals surface area contributed by atoms with E-state index in [1.54, 1.807) is 18.2 Å². The zero-order valence-corrected chi connectivity index (χ0v) is 10.1. The smallest absolute Gasteiger partial charge is 0.318 e. The molecule has 0 aliphatic carbocycles. The highest BCUT2D eigenvalue weighted by atomic mass is 19.1. The number of hydrogen-bond donors (Lipinski definition) is 2. The van der Waals surface area contributed by atoms with Crippen LogP contribution in [-0.4, -0.2) is 35.7 Å². The average Bonchev–Trinajstić information content (AvgIpc) is 2.36. The Labute approximate surface area is 106 Å². The summed E-state index contributed by atoms with van der Waals surface area (Å²) in [6, 6.07) is 5.72. The molecule has 2 amide bonds. The number of aliphatic hydroxyl groups excluding tert-OH is 1. The number of carbonyl (C=O) groups excluding carboxylic acids is 1. The molecule has 2 N–H and O–H groups in total. The van der Waals surface area contributed by atoms with E-state index >= 15 is 0 Å². The topological polar surface area (TPSA) is 52.6 Å². The molecule has 5 heteroatoms. The molecule has 0 spiro atoms. The Kier molecular flexibility index (Phi) is 5.87. The second-order valence-corrected chi connectivity index (χ2v) is 3.75. The van der Waals surface area contributed by atoms with Gasteiger partial charge in [-0.25, -0.2) is 9.18 Å². The summed E-state index contributed by atoms with van der Waals surface area (Å²) in [5.41, 5.74) is 0.686. The maximum atomic E-state index is 12.9. The van der Waals surface area contributed by atoms with E-state index in [2.05, 4.69) is 11.9 Å². The summed E-state index contributed by atoms with van der Waals surface area (Å²) in [7, 11) is 0. The predicted octanol–water partition coefficient (Wildman–Crippen LogP) is 1.52. The molecule has 0 aliphatic rings. The Morgan fingerprint density at radius 2 is 2.33 bits per heavy atom. The normalized spacial score (nSPS) is 9.89. The van der Waals surface area contributed by atoms with E-state index in [1.165, 1.54) is 17.0 Å². The molecule has 18 heavy (non-hydrogen) atoms. The van der Waals surface area contributed by atoms with Crippen molar-refractivity contribution in [1.29, 1.82) is 0 Å². The molecule has 0 unspecified atom stereocenters. The van der Waals surface area contributed by atoms with Crippen molar-refractivity contribution < 1.29 is 14.3 Å². The molecule has 0 saturated heterocycles. The Morgan fingerprint density at radius 1 is 1.56 bits per heavy atom. The summed E-state index contributed by atoms with van der Waals surface area (Å²) in [5.74, 6) is -0.333. The van der Waals surface area contributed by atoms with E-state index < -0.39 is 0 Å². The van der Waals surface area contributed by atoms with Crippen LogP contribution in [0.2, 0.25) is 0 Å². The standard InChI is InChI=1S/C13H17FN2O2/c1-2-6-16(7-8-17)13(18)15-10-11-4-3-5-12(14)9-11/h2-5,9,17H,1,6-8,10H2,(H,15,18). The van der Waals surface area contributed by atoms with Gasteiger partial charge in [0, 0.05) is 19.6 Å². The minimum absolute atomic E-state index is 0.110. The van der Waals surface area contributed by atoms with E-state index in [9.17, 15) is 9.18 Å². The van der Waals surface area contributed by atoms with Crippen molar-refractivity contribution in [2.75, 3.05) is 19.7 Å². The number of amides is 2. The number of benzene rings is 1. The molecular weight excluding hydrogens is 235 g/mol. The minimum atomic E-state index is -0.333. The van der Waals surface area contributed by atoms with Gasteiger partial charge in [0.15, 0.2) is 0 Å². The molecular formula is C13H17FN2O2. The van der Waals surface area contributed by atoms with Crippen LogP contribution in [0.25, 0.3) is 0 Å². The van der Waals surface area contributed by atoms with E-state index in [-0.39, 0.29) is 31.5 Å². The largest absolute Gasteiger partial charge is 0.395 e. The van der Waals surface area contributed by atoms with Crippen molar-refractivity contribution >= 4 is 6.03 Å². The van der Waals surface area contributed by atoms with E-state index in [0.29, 0.717) is 12.1 Å². The Bertz CT molecular complexity index is 410. The molecule has 0 bridgehead atoms. The lowest BCUT2D eigenvalue weighted by Crippen LogP contribution is -2.41. The van der Waals surface area contributed by atoms with Gasteiger partial charge in [0.25, 0.3) is 0 Å². The highest BCUT2D eigenvalue weighted by molar-refractivity contribution is 5.74. The van der Waals surface area contributed by atoms with Crippen LogP contribution in [0.4, 0.5) is 9.18 Å². The number of nitrogens with one attached hydrogen (secondary N) is 1. The maximum Gasteiger partial charge on any atom is 0.318 e. The maximum absolute atomic E-state index is 12.9. The highest BCUT2D eigenvalue weighted by Crippen LogP contribution is 2.03. The van der Waals surface area contributed by atoms with Crippen LogP contribution in [0, 0.1) is 5.82 Å². The van der Waals surface area contributed by atoms with Gasteiger partial charge in [0.1, 0.15) is 5.82 Å². The molecule has 0 radical (unpaired) electrons. The zero-order valence-electron chi connectivity index (χ0n) is 10.1. The van der Waals surface area contributed by atoms with Crippen LogP contribution >= 0.6 is 0 Å². The fourth-order valence-corrected chi connectivity index (χ4v) is 1.49. The number of aliphatic hydroxyl groups is 1. The molecule has 0 saturated carbocycles. The van der Waals surface area contributed by atoms with Gasteiger partial charge in [-0.3, -0.25) is 0 Å². The summed E-state index contributed by atoms with van der Waals surface area (Å²) in [5, 5.41) is 11.5. The van der Waals surface area contributed by atoms with Crippen LogP contribution < -0.4 is 5.32 Å². The fourth-order valence-electron chi connectivity index (χ4n) is 1.49. The summed E-state index contributed by atoms with van der Waals surface area (Å²) < 4.78 is 12.9. The van der Waals surface area contributed by atoms with E-state index in [1.807, 2.05) is 0 Å². The fraction of sp³-hybridized carbons (Fsp3) is 0.308. The third-order valence-corrected chi connectivity index (χ3v) is 2.34. The van der Waals surface area contributed by atoms with Crippen LogP contribution in [0.5, 0.6) is 0 Å². The quantitative estimate of drug-likeness (QED) is 0.754. The summed E-state index contributed by atoms with van der Waals surface area (Å²) in [6.07, 6.45) is 1.58. The first-order valence-electron chi connectivity index (χ1n) is 5.66. The molecule has 1 aromatic rings. The lowest BCUT2D eigenvalue weighted by molar-refractivity contribution is 0.183. The molecule has 0 aromatic heterocycles. The van der Waals surface area contributed by atoms with Crippen LogP contribution in [0.1, 0.15) is 5.56 Å². The Morgan fingerprint density at radius 3 is 2.94 bits per heavy atom. The van der Waals surface area contributed by atoms with Gasteiger partial charge in [-0.2, -0.15) is 0 Å². The second kappa shape index (κ2) is 7.45. The first kappa shape index (κ1) is 14.2. The van der Waals surface area contributed by atoms with Gasteiger partial charge in [0.2, 0.25) is 0 Å². The third-order valence-electron chi connectivity index (χ3n) is 2.34. The highest BCUT2D eigenvalue weighted by Gasteiger charge is 2.10. The lowest BCUT2D eigenvalue weighted by Gasteiger charge is -2.20. The molecule has 0 fully saturated rings. The van der Waals surface area contributed by atoms with Gasteiger partial charge < -0.3 is 15.3 Å². The number of halogens is 1. The SMILES string of the molecule is C=CCN(CCO)C(=O)NCc1cccc(F)c1. The number of urea groups is 1.